The number of hydrogen-bond donors (Lipinski definition) is 0. The highest BCUT2D eigenvalue weighted by Crippen LogP contribution is 2.02. The van der Waals surface area contributed by atoms with E-state index in [2.05, 4.69) is 17.1 Å². The highest BCUT2D eigenvalue weighted by atomic mass is 16.5. The third-order valence-electron chi connectivity index (χ3n) is 3.15. The van der Waals surface area contributed by atoms with E-state index in [1.807, 2.05) is 42.3 Å². The van der Waals surface area contributed by atoms with Gasteiger partial charge in [-0.15, -0.1) is 0 Å². The van der Waals surface area contributed by atoms with Gasteiger partial charge in [-0.3, -0.25) is 14.7 Å². The van der Waals surface area contributed by atoms with Crippen molar-refractivity contribution < 1.29 is 9.53 Å². The maximum Gasteiger partial charge on any atom is 0.320 e. The fourth-order valence-electron chi connectivity index (χ4n) is 1.96. The third kappa shape index (κ3) is 5.75. The van der Waals surface area contributed by atoms with Gasteiger partial charge in [-0.05, 0) is 25.1 Å². The zero-order chi connectivity index (χ0) is 14.9. The minimum atomic E-state index is -0.214. The molecule has 2 rings (SSSR count). The van der Waals surface area contributed by atoms with Gasteiger partial charge in [-0.25, -0.2) is 0 Å². The molecule has 0 atom stereocenters. The molecule has 0 aliphatic carbocycles. The van der Waals surface area contributed by atoms with Gasteiger partial charge in [0.05, 0.1) is 6.54 Å². The Morgan fingerprint density at radius 1 is 1.14 bits per heavy atom. The molecule has 0 saturated heterocycles. The van der Waals surface area contributed by atoms with Gasteiger partial charge in [0.15, 0.2) is 0 Å². The predicted octanol–water partition coefficient (Wildman–Crippen LogP) is 2.30. The second-order valence-corrected chi connectivity index (χ2v) is 5.00. The first-order chi connectivity index (χ1) is 10.2. The molecular weight excluding hydrogens is 264 g/mol. The van der Waals surface area contributed by atoms with E-state index in [-0.39, 0.29) is 12.6 Å². The van der Waals surface area contributed by atoms with Crippen molar-refractivity contribution in [2.24, 2.45) is 0 Å². The zero-order valence-corrected chi connectivity index (χ0v) is 12.2. The number of aromatic nitrogens is 1. The summed E-state index contributed by atoms with van der Waals surface area (Å²) in [4.78, 5) is 17.7. The summed E-state index contributed by atoms with van der Waals surface area (Å²) in [5.74, 6) is -0.214. The van der Waals surface area contributed by atoms with Crippen molar-refractivity contribution in [1.82, 2.24) is 9.88 Å². The van der Waals surface area contributed by atoms with Gasteiger partial charge < -0.3 is 4.74 Å². The van der Waals surface area contributed by atoms with Crippen LogP contribution in [0.3, 0.4) is 0 Å². The third-order valence-corrected chi connectivity index (χ3v) is 3.15. The molecule has 0 radical (unpaired) electrons. The quantitative estimate of drug-likeness (QED) is 0.732. The lowest BCUT2D eigenvalue weighted by Gasteiger charge is -2.15. The molecule has 0 spiro atoms. The van der Waals surface area contributed by atoms with E-state index in [0.717, 1.165) is 18.5 Å². The van der Waals surface area contributed by atoms with Crippen LogP contribution in [0, 0.1) is 0 Å². The molecule has 4 nitrogen and oxygen atoms in total. The monoisotopic (exact) mass is 284 g/mol. The Kier molecular flexibility index (Phi) is 5.91. The summed E-state index contributed by atoms with van der Waals surface area (Å²) < 4.78 is 5.23. The van der Waals surface area contributed by atoms with E-state index in [0.29, 0.717) is 6.54 Å². The number of likely N-dealkylation sites (N-methyl/N-ethyl adjacent to an activating group) is 1. The maximum atomic E-state index is 11.8. The molecule has 1 aromatic carbocycles. The minimum absolute atomic E-state index is 0.214. The van der Waals surface area contributed by atoms with Crippen LogP contribution < -0.4 is 0 Å². The highest BCUT2D eigenvalue weighted by Gasteiger charge is 2.08. The second kappa shape index (κ2) is 8.17. The number of hydrogen-bond acceptors (Lipinski definition) is 4. The van der Waals surface area contributed by atoms with E-state index in [1.165, 1.54) is 5.56 Å². The van der Waals surface area contributed by atoms with Gasteiger partial charge in [-0.1, -0.05) is 36.4 Å². The van der Waals surface area contributed by atoms with Crippen LogP contribution >= 0.6 is 0 Å². The second-order valence-electron chi connectivity index (χ2n) is 5.00. The van der Waals surface area contributed by atoms with Crippen LogP contribution in [0.1, 0.15) is 11.1 Å². The molecule has 1 aromatic heterocycles. The van der Waals surface area contributed by atoms with Crippen molar-refractivity contribution >= 4 is 5.97 Å². The molecule has 0 fully saturated rings. The summed E-state index contributed by atoms with van der Waals surface area (Å²) in [6.07, 6.45) is 4.32. The number of carbonyl (C=O) groups is 1. The molecule has 21 heavy (non-hydrogen) atoms. The molecule has 0 saturated carbocycles. The molecule has 0 aliphatic rings. The topological polar surface area (TPSA) is 42.4 Å². The Bertz CT molecular complexity index is 543. The molecular formula is C17H20N2O2. The molecule has 2 aromatic rings. The van der Waals surface area contributed by atoms with Gasteiger partial charge in [0.1, 0.15) is 6.61 Å². The van der Waals surface area contributed by atoms with Crippen LogP contribution in [-0.4, -0.2) is 36.0 Å². The number of ether oxygens (including phenoxy) is 1. The summed E-state index contributed by atoms with van der Waals surface area (Å²) in [6.45, 7) is 1.40. The van der Waals surface area contributed by atoms with Gasteiger partial charge in [0.25, 0.3) is 0 Å². The molecule has 0 aliphatic heterocycles. The number of rotatable bonds is 7. The largest absolute Gasteiger partial charge is 0.460 e. The fourth-order valence-corrected chi connectivity index (χ4v) is 1.96. The standard InChI is InChI=1S/C17H20N2O2/c1-19(11-9-15-6-3-2-4-7-15)13-17(20)21-14-16-8-5-10-18-12-16/h2-8,10,12H,9,11,13-14H2,1H3. The molecule has 0 N–H and O–H groups in total. The summed E-state index contributed by atoms with van der Waals surface area (Å²) in [6, 6.07) is 14.0. The molecule has 1 heterocycles. The number of benzene rings is 1. The van der Waals surface area contributed by atoms with Crippen LogP contribution in [0.25, 0.3) is 0 Å². The fraction of sp³-hybridized carbons (Fsp3) is 0.294. The van der Waals surface area contributed by atoms with Crippen LogP contribution in [0.4, 0.5) is 0 Å². The lowest BCUT2D eigenvalue weighted by Crippen LogP contribution is -2.29. The van der Waals surface area contributed by atoms with Crippen LogP contribution in [0.2, 0.25) is 0 Å². The Morgan fingerprint density at radius 2 is 1.90 bits per heavy atom. The average Bonchev–Trinajstić information content (AvgIpc) is 2.53. The van der Waals surface area contributed by atoms with Gasteiger partial charge >= 0.3 is 5.97 Å². The van der Waals surface area contributed by atoms with Crippen LogP contribution in [0.5, 0.6) is 0 Å². The predicted molar refractivity (Wildman–Crippen MR) is 81.7 cm³/mol. The van der Waals surface area contributed by atoms with Crippen LogP contribution in [0.15, 0.2) is 54.9 Å². The highest BCUT2D eigenvalue weighted by molar-refractivity contribution is 5.71. The van der Waals surface area contributed by atoms with Crippen molar-refractivity contribution in [3.05, 3.63) is 66.0 Å². The Balaban J connectivity index is 1.67. The van der Waals surface area contributed by atoms with E-state index in [9.17, 15) is 4.79 Å². The first-order valence-corrected chi connectivity index (χ1v) is 7.01. The molecule has 0 bridgehead atoms. The Morgan fingerprint density at radius 3 is 2.62 bits per heavy atom. The van der Waals surface area contributed by atoms with Crippen LogP contribution in [-0.2, 0) is 22.6 Å². The van der Waals surface area contributed by atoms with Crippen molar-refractivity contribution in [3.8, 4) is 0 Å². The maximum absolute atomic E-state index is 11.8. The number of esters is 1. The van der Waals surface area contributed by atoms with Gasteiger partial charge in [0.2, 0.25) is 0 Å². The Hall–Kier alpha value is -2.20. The first kappa shape index (κ1) is 15.2. The van der Waals surface area contributed by atoms with E-state index >= 15 is 0 Å². The molecule has 0 unspecified atom stereocenters. The first-order valence-electron chi connectivity index (χ1n) is 7.01. The van der Waals surface area contributed by atoms with Crippen molar-refractivity contribution in [2.45, 2.75) is 13.0 Å². The normalized spacial score (nSPS) is 10.6. The van der Waals surface area contributed by atoms with E-state index in [1.54, 1.807) is 12.4 Å². The zero-order valence-electron chi connectivity index (χ0n) is 12.2. The number of nitrogens with zero attached hydrogens (tertiary/aromatic N) is 2. The lowest BCUT2D eigenvalue weighted by atomic mass is 10.1. The van der Waals surface area contributed by atoms with Gasteiger partial charge in [0, 0.05) is 24.5 Å². The summed E-state index contributed by atoms with van der Waals surface area (Å²) in [7, 11) is 1.92. The molecule has 110 valence electrons. The van der Waals surface area contributed by atoms with E-state index < -0.39 is 0 Å². The summed E-state index contributed by atoms with van der Waals surface area (Å²) in [5.41, 5.74) is 2.17. The lowest BCUT2D eigenvalue weighted by molar-refractivity contribution is -0.145. The van der Waals surface area contributed by atoms with Crippen molar-refractivity contribution in [2.75, 3.05) is 20.1 Å². The minimum Gasteiger partial charge on any atom is -0.460 e. The molecule has 0 amide bonds. The summed E-state index contributed by atoms with van der Waals surface area (Å²) in [5, 5.41) is 0. The van der Waals surface area contributed by atoms with E-state index in [4.69, 9.17) is 4.74 Å². The Labute approximate surface area is 125 Å². The van der Waals surface area contributed by atoms with Crippen molar-refractivity contribution in [3.63, 3.8) is 0 Å². The smallest absolute Gasteiger partial charge is 0.320 e. The van der Waals surface area contributed by atoms with Gasteiger partial charge in [-0.2, -0.15) is 0 Å². The average molecular weight is 284 g/mol. The number of carbonyl (C=O) groups excluding carboxylic acids is 1. The number of pyridine rings is 1. The SMILES string of the molecule is CN(CCc1ccccc1)CC(=O)OCc1cccnc1. The van der Waals surface area contributed by atoms with Crippen molar-refractivity contribution in [1.29, 1.82) is 0 Å². The molecule has 4 heteroatoms. The summed E-state index contributed by atoms with van der Waals surface area (Å²) >= 11 is 0.